The average Bonchev–Trinajstić information content (AvgIpc) is 3.92. The summed E-state index contributed by atoms with van der Waals surface area (Å²) in [5, 5.41) is 12.8. The molecule has 0 saturated heterocycles. The molecule has 2 saturated carbocycles. The Morgan fingerprint density at radius 1 is 0.925 bits per heavy atom. The summed E-state index contributed by atoms with van der Waals surface area (Å²) in [6.45, 7) is 11.4. The normalized spacial score (nSPS) is 14.5. The molecule has 0 aliphatic heterocycles. The third kappa shape index (κ3) is 8.92. The van der Waals surface area contributed by atoms with Gasteiger partial charge in [-0.05, 0) is 56.7 Å². The van der Waals surface area contributed by atoms with Crippen molar-refractivity contribution in [1.29, 1.82) is 0 Å². The summed E-state index contributed by atoms with van der Waals surface area (Å²) in [5.74, 6) is -0.214. The SMILES string of the molecule is CC[C@@H](C)Nc1ncc(C(=O)NCc2ccc(C(=O)NC3CC3)cc2)s1.[C-]#[N+]c1ccc(C(=O)NC2CC2)cc1. The lowest BCUT2D eigenvalue weighted by molar-refractivity contribution is 0.0942. The summed E-state index contributed by atoms with van der Waals surface area (Å²) in [6.07, 6.45) is 6.91. The lowest BCUT2D eigenvalue weighted by Crippen LogP contribution is -2.25. The van der Waals surface area contributed by atoms with Crippen LogP contribution in [0, 0.1) is 6.57 Å². The Morgan fingerprint density at radius 3 is 1.98 bits per heavy atom. The monoisotopic (exact) mass is 558 g/mol. The van der Waals surface area contributed by atoms with Gasteiger partial charge >= 0.3 is 0 Å². The maximum Gasteiger partial charge on any atom is 0.263 e. The molecule has 4 N–H and O–H groups in total. The van der Waals surface area contributed by atoms with Crippen LogP contribution in [0.1, 0.15) is 81.9 Å². The largest absolute Gasteiger partial charge is 0.359 e. The van der Waals surface area contributed by atoms with Crippen molar-refractivity contribution < 1.29 is 14.4 Å². The summed E-state index contributed by atoms with van der Waals surface area (Å²) in [5.41, 5.74) is 2.79. The molecule has 9 nitrogen and oxygen atoms in total. The quantitative estimate of drug-likeness (QED) is 0.252. The zero-order valence-corrected chi connectivity index (χ0v) is 23.5. The summed E-state index contributed by atoms with van der Waals surface area (Å²) < 4.78 is 0. The molecular weight excluding hydrogens is 524 g/mol. The fourth-order valence-corrected chi connectivity index (χ4v) is 4.33. The van der Waals surface area contributed by atoms with Gasteiger partial charge in [0.2, 0.25) is 0 Å². The molecule has 208 valence electrons. The molecule has 3 amide bonds. The molecule has 1 aromatic heterocycles. The van der Waals surface area contributed by atoms with Crippen LogP contribution in [-0.2, 0) is 6.54 Å². The summed E-state index contributed by atoms with van der Waals surface area (Å²) >= 11 is 1.35. The number of carbonyl (C=O) groups is 3. The smallest absolute Gasteiger partial charge is 0.263 e. The minimum Gasteiger partial charge on any atom is -0.359 e. The number of thiazole rings is 1. The van der Waals surface area contributed by atoms with Crippen molar-refractivity contribution in [2.24, 2.45) is 0 Å². The minimum atomic E-state index is -0.143. The van der Waals surface area contributed by atoms with Crippen LogP contribution in [0.3, 0.4) is 0 Å². The lowest BCUT2D eigenvalue weighted by Gasteiger charge is -2.08. The number of nitrogens with zero attached hydrogens (tertiary/aromatic N) is 2. The van der Waals surface area contributed by atoms with E-state index in [1.54, 1.807) is 42.6 Å². The second kappa shape index (κ2) is 13.7. The van der Waals surface area contributed by atoms with Crippen LogP contribution < -0.4 is 21.3 Å². The zero-order valence-electron chi connectivity index (χ0n) is 22.7. The molecule has 5 rings (SSSR count). The Balaban J connectivity index is 0.000000222. The molecule has 1 atom stereocenters. The topological polar surface area (TPSA) is 117 Å². The molecule has 2 aliphatic carbocycles. The van der Waals surface area contributed by atoms with Gasteiger partial charge < -0.3 is 21.3 Å². The molecule has 1 heterocycles. The van der Waals surface area contributed by atoms with Crippen molar-refractivity contribution in [1.82, 2.24) is 20.9 Å². The highest BCUT2D eigenvalue weighted by atomic mass is 32.1. The fraction of sp³-hybridized carbons (Fsp3) is 0.367. The molecule has 0 unspecified atom stereocenters. The van der Waals surface area contributed by atoms with Gasteiger partial charge in [0.15, 0.2) is 10.8 Å². The van der Waals surface area contributed by atoms with Crippen LogP contribution in [0.4, 0.5) is 10.8 Å². The van der Waals surface area contributed by atoms with E-state index in [9.17, 15) is 14.4 Å². The first-order chi connectivity index (χ1) is 19.3. The highest BCUT2D eigenvalue weighted by Crippen LogP contribution is 2.21. The number of amides is 3. The molecular formula is C30H34N6O3S. The average molecular weight is 559 g/mol. The van der Waals surface area contributed by atoms with E-state index in [1.165, 1.54) is 11.3 Å². The Hall–Kier alpha value is -4.23. The van der Waals surface area contributed by atoms with Crippen LogP contribution in [-0.4, -0.2) is 40.8 Å². The van der Waals surface area contributed by atoms with Gasteiger partial charge in [-0.2, -0.15) is 0 Å². The third-order valence-corrected chi connectivity index (χ3v) is 7.39. The van der Waals surface area contributed by atoms with Crippen LogP contribution >= 0.6 is 11.3 Å². The number of hydrogen-bond acceptors (Lipinski definition) is 6. The van der Waals surface area contributed by atoms with E-state index in [1.807, 2.05) is 12.1 Å². The van der Waals surface area contributed by atoms with Gasteiger partial charge in [-0.1, -0.05) is 54.7 Å². The van der Waals surface area contributed by atoms with Crippen LogP contribution in [0.2, 0.25) is 0 Å². The van der Waals surface area contributed by atoms with Crippen molar-refractivity contribution in [3.63, 3.8) is 0 Å². The van der Waals surface area contributed by atoms with Crippen molar-refractivity contribution in [3.05, 3.63) is 87.7 Å². The molecule has 2 aliphatic rings. The minimum absolute atomic E-state index is 0.0333. The van der Waals surface area contributed by atoms with E-state index >= 15 is 0 Å². The van der Waals surface area contributed by atoms with Gasteiger partial charge in [0.1, 0.15) is 4.88 Å². The first kappa shape index (κ1) is 28.8. The summed E-state index contributed by atoms with van der Waals surface area (Å²) in [6, 6.07) is 15.1. The molecule has 0 spiro atoms. The molecule has 3 aromatic rings. The number of hydrogen-bond donors (Lipinski definition) is 4. The van der Waals surface area contributed by atoms with E-state index in [-0.39, 0.29) is 17.7 Å². The lowest BCUT2D eigenvalue weighted by atomic mass is 10.1. The number of anilines is 1. The fourth-order valence-electron chi connectivity index (χ4n) is 3.48. The van der Waals surface area contributed by atoms with Gasteiger partial charge in [-0.25, -0.2) is 9.83 Å². The Morgan fingerprint density at radius 2 is 1.48 bits per heavy atom. The maximum atomic E-state index is 12.3. The van der Waals surface area contributed by atoms with Crippen molar-refractivity contribution in [3.8, 4) is 0 Å². The predicted molar refractivity (Wildman–Crippen MR) is 157 cm³/mol. The number of nitrogens with one attached hydrogen (secondary N) is 4. The van der Waals surface area contributed by atoms with Gasteiger partial charge in [0, 0.05) is 35.8 Å². The second-order valence-electron chi connectivity index (χ2n) is 10.0. The zero-order chi connectivity index (χ0) is 28.5. The van der Waals surface area contributed by atoms with Gasteiger partial charge in [-0.3, -0.25) is 14.4 Å². The number of aromatic nitrogens is 1. The first-order valence-corrected chi connectivity index (χ1v) is 14.3. The highest BCUT2D eigenvalue weighted by Gasteiger charge is 2.24. The van der Waals surface area contributed by atoms with Crippen molar-refractivity contribution in [2.45, 2.75) is 70.6 Å². The van der Waals surface area contributed by atoms with E-state index in [4.69, 9.17) is 6.57 Å². The summed E-state index contributed by atoms with van der Waals surface area (Å²) in [7, 11) is 0. The molecule has 0 bridgehead atoms. The maximum absolute atomic E-state index is 12.3. The molecule has 10 heteroatoms. The van der Waals surface area contributed by atoms with Crippen molar-refractivity contribution in [2.75, 3.05) is 5.32 Å². The number of rotatable bonds is 10. The molecule has 2 aromatic carbocycles. The van der Waals surface area contributed by atoms with Crippen molar-refractivity contribution >= 4 is 39.9 Å². The Bertz CT molecular complexity index is 1360. The van der Waals surface area contributed by atoms with Crippen LogP contribution in [0.15, 0.2) is 54.7 Å². The molecule has 40 heavy (non-hydrogen) atoms. The highest BCUT2D eigenvalue weighted by molar-refractivity contribution is 7.17. The molecule has 0 radical (unpaired) electrons. The Labute approximate surface area is 238 Å². The second-order valence-corrected chi connectivity index (χ2v) is 11.0. The Kier molecular flexibility index (Phi) is 9.86. The third-order valence-electron chi connectivity index (χ3n) is 6.46. The van der Waals surface area contributed by atoms with Gasteiger partial charge in [0.25, 0.3) is 17.7 Å². The van der Waals surface area contributed by atoms with E-state index in [2.05, 4.69) is 44.9 Å². The van der Waals surface area contributed by atoms with E-state index in [0.717, 1.165) is 42.8 Å². The predicted octanol–water partition coefficient (Wildman–Crippen LogP) is 5.31. The van der Waals surface area contributed by atoms with E-state index < -0.39 is 0 Å². The standard InChI is InChI=1S/C19H24N4O2S.C11H10N2O/c1-3-12(2)22-19-21-11-16(26-19)18(25)20-10-13-4-6-14(7-5-13)17(24)23-15-8-9-15;1-12-9-4-2-8(3-5-9)11(14)13-10-6-7-10/h4-7,11-12,15H,3,8-10H2,1-2H3,(H,20,25)(H,21,22)(H,23,24);2-5,10H,6-7H2,(H,13,14)/t12-;/m1./s1. The number of carbonyl (C=O) groups excluding carboxylic acids is 3. The van der Waals surface area contributed by atoms with E-state index in [0.29, 0.717) is 46.4 Å². The van der Waals surface area contributed by atoms with Crippen LogP contribution in [0.5, 0.6) is 0 Å². The van der Waals surface area contributed by atoms with Gasteiger partial charge in [0.05, 0.1) is 12.8 Å². The van der Waals surface area contributed by atoms with Gasteiger partial charge in [-0.15, -0.1) is 0 Å². The molecule has 2 fully saturated rings. The first-order valence-electron chi connectivity index (χ1n) is 13.5. The number of benzene rings is 2. The summed E-state index contributed by atoms with van der Waals surface area (Å²) in [4.78, 5) is 43.8. The van der Waals surface area contributed by atoms with Crippen LogP contribution in [0.25, 0.3) is 4.85 Å².